The largest absolute Gasteiger partial charge is 0.383 e. The van der Waals surface area contributed by atoms with Crippen LogP contribution in [0.2, 0.25) is 0 Å². The molecule has 2 aromatic rings. The van der Waals surface area contributed by atoms with Gasteiger partial charge in [0.25, 0.3) is 11.5 Å². The topological polar surface area (TPSA) is 85.7 Å². The van der Waals surface area contributed by atoms with Crippen LogP contribution in [-0.4, -0.2) is 60.6 Å². The van der Waals surface area contributed by atoms with Crippen molar-refractivity contribution < 1.29 is 14.3 Å². The minimum atomic E-state index is -0.316. The van der Waals surface area contributed by atoms with Crippen molar-refractivity contribution in [2.24, 2.45) is 0 Å². The van der Waals surface area contributed by atoms with Crippen LogP contribution in [0.15, 0.2) is 41.2 Å². The average molecular weight is 386 g/mol. The van der Waals surface area contributed by atoms with Crippen molar-refractivity contribution in [1.29, 1.82) is 0 Å². The molecule has 8 heteroatoms. The molecule has 8 nitrogen and oxygen atoms in total. The Kier molecular flexibility index (Phi) is 7.30. The van der Waals surface area contributed by atoms with Gasteiger partial charge in [0.2, 0.25) is 0 Å². The molecule has 3 rings (SSSR count). The van der Waals surface area contributed by atoms with Crippen LogP contribution in [0, 0.1) is 0 Å². The van der Waals surface area contributed by atoms with Crippen LogP contribution >= 0.6 is 0 Å². The predicted octanol–water partition coefficient (Wildman–Crippen LogP) is 0.652. The highest BCUT2D eigenvalue weighted by Crippen LogP contribution is 2.09. The zero-order valence-corrected chi connectivity index (χ0v) is 16.1. The van der Waals surface area contributed by atoms with Crippen molar-refractivity contribution in [3.05, 3.63) is 63.6 Å². The van der Waals surface area contributed by atoms with Crippen molar-refractivity contribution in [3.63, 3.8) is 0 Å². The summed E-state index contributed by atoms with van der Waals surface area (Å²) in [6, 6.07) is 11.0. The van der Waals surface area contributed by atoms with E-state index < -0.39 is 0 Å². The maximum atomic E-state index is 12.3. The van der Waals surface area contributed by atoms with E-state index in [2.05, 4.69) is 27.4 Å². The van der Waals surface area contributed by atoms with Crippen LogP contribution in [0.3, 0.4) is 0 Å². The van der Waals surface area contributed by atoms with Crippen molar-refractivity contribution >= 4 is 5.91 Å². The van der Waals surface area contributed by atoms with Crippen LogP contribution in [0.1, 0.15) is 21.6 Å². The molecule has 1 saturated heterocycles. The van der Waals surface area contributed by atoms with Gasteiger partial charge in [0.05, 0.1) is 26.4 Å². The summed E-state index contributed by atoms with van der Waals surface area (Å²) in [4.78, 5) is 26.5. The summed E-state index contributed by atoms with van der Waals surface area (Å²) in [6.45, 7) is 5.46. The van der Waals surface area contributed by atoms with Gasteiger partial charge in [-0.3, -0.25) is 14.5 Å². The highest BCUT2D eigenvalue weighted by Gasteiger charge is 2.11. The Morgan fingerprint density at radius 3 is 2.57 bits per heavy atom. The highest BCUT2D eigenvalue weighted by atomic mass is 16.5. The Bertz CT molecular complexity index is 829. The molecule has 1 aliphatic rings. The molecule has 150 valence electrons. The average Bonchev–Trinajstić information content (AvgIpc) is 2.73. The van der Waals surface area contributed by atoms with E-state index in [0.717, 1.165) is 38.4 Å². The van der Waals surface area contributed by atoms with Gasteiger partial charge >= 0.3 is 0 Å². The van der Waals surface area contributed by atoms with E-state index in [1.165, 1.54) is 22.4 Å². The summed E-state index contributed by atoms with van der Waals surface area (Å²) >= 11 is 0. The van der Waals surface area contributed by atoms with Crippen molar-refractivity contribution in [1.82, 2.24) is 20.0 Å². The minimum Gasteiger partial charge on any atom is -0.383 e. The Morgan fingerprint density at radius 1 is 1.14 bits per heavy atom. The first-order valence-electron chi connectivity index (χ1n) is 9.39. The van der Waals surface area contributed by atoms with Crippen molar-refractivity contribution in [2.75, 3.05) is 40.0 Å². The molecule has 28 heavy (non-hydrogen) atoms. The van der Waals surface area contributed by atoms with E-state index in [1.54, 1.807) is 7.11 Å². The molecular weight excluding hydrogens is 360 g/mol. The van der Waals surface area contributed by atoms with Gasteiger partial charge in [0, 0.05) is 39.4 Å². The minimum absolute atomic E-state index is 0.208. The number of morpholine rings is 1. The number of hydrogen-bond donors (Lipinski definition) is 1. The van der Waals surface area contributed by atoms with Gasteiger partial charge in [0.15, 0.2) is 0 Å². The molecule has 0 unspecified atom stereocenters. The van der Waals surface area contributed by atoms with Gasteiger partial charge in [-0.2, -0.15) is 5.10 Å². The molecule has 0 aliphatic carbocycles. The second-order valence-electron chi connectivity index (χ2n) is 6.66. The molecule has 1 aromatic carbocycles. The van der Waals surface area contributed by atoms with Crippen LogP contribution in [0.5, 0.6) is 0 Å². The third kappa shape index (κ3) is 5.72. The fraction of sp³-hybridized carbons (Fsp3) is 0.450. The zero-order chi connectivity index (χ0) is 19.8. The highest BCUT2D eigenvalue weighted by molar-refractivity contribution is 5.91. The number of aromatic nitrogens is 2. The summed E-state index contributed by atoms with van der Waals surface area (Å²) < 4.78 is 11.6. The normalized spacial score (nSPS) is 14.8. The number of amides is 1. The summed E-state index contributed by atoms with van der Waals surface area (Å²) in [6.07, 6.45) is 0. The fourth-order valence-corrected chi connectivity index (χ4v) is 2.96. The molecule has 1 aliphatic heterocycles. The number of benzene rings is 1. The van der Waals surface area contributed by atoms with Gasteiger partial charge < -0.3 is 14.8 Å². The van der Waals surface area contributed by atoms with Crippen LogP contribution in [-0.2, 0) is 29.1 Å². The molecule has 0 bridgehead atoms. The lowest BCUT2D eigenvalue weighted by molar-refractivity contribution is 0.0342. The maximum Gasteiger partial charge on any atom is 0.271 e. The number of hydrogen-bond acceptors (Lipinski definition) is 6. The number of carbonyl (C=O) groups excluding carboxylic acids is 1. The van der Waals surface area contributed by atoms with Gasteiger partial charge in [-0.25, -0.2) is 4.68 Å². The Hall–Kier alpha value is -2.55. The third-order valence-electron chi connectivity index (χ3n) is 4.59. The lowest BCUT2D eigenvalue weighted by Gasteiger charge is -2.26. The Labute approximate surface area is 164 Å². The first-order chi connectivity index (χ1) is 13.7. The van der Waals surface area contributed by atoms with Gasteiger partial charge in [-0.1, -0.05) is 24.3 Å². The van der Waals surface area contributed by atoms with Gasteiger partial charge in [-0.05, 0) is 17.2 Å². The van der Waals surface area contributed by atoms with E-state index in [4.69, 9.17) is 9.47 Å². The maximum absolute atomic E-state index is 12.3. The SMILES string of the molecule is COCCn1nc(C(=O)NCc2ccc(CN3CCOCC3)cc2)ccc1=O. The molecule has 1 aromatic heterocycles. The number of nitrogens with zero attached hydrogens (tertiary/aromatic N) is 3. The molecule has 0 atom stereocenters. The number of ether oxygens (including phenoxy) is 2. The van der Waals surface area contributed by atoms with E-state index in [-0.39, 0.29) is 17.2 Å². The summed E-state index contributed by atoms with van der Waals surface area (Å²) in [5.41, 5.74) is 2.19. The molecule has 1 N–H and O–H groups in total. The zero-order valence-electron chi connectivity index (χ0n) is 16.1. The summed E-state index contributed by atoms with van der Waals surface area (Å²) in [5, 5.41) is 6.94. The molecule has 2 heterocycles. The van der Waals surface area contributed by atoms with Gasteiger partial charge in [0.1, 0.15) is 5.69 Å². The number of rotatable bonds is 8. The van der Waals surface area contributed by atoms with E-state index in [9.17, 15) is 9.59 Å². The standard InChI is InChI=1S/C20H26N4O4/c1-27-11-10-24-19(25)7-6-18(22-24)20(26)21-14-16-2-4-17(5-3-16)15-23-8-12-28-13-9-23/h2-7H,8-15H2,1H3,(H,21,26). The number of methoxy groups -OCH3 is 1. The number of carbonyl (C=O) groups is 1. The van der Waals surface area contributed by atoms with E-state index >= 15 is 0 Å². The summed E-state index contributed by atoms with van der Waals surface area (Å²) in [7, 11) is 1.55. The monoisotopic (exact) mass is 386 g/mol. The van der Waals surface area contributed by atoms with Gasteiger partial charge in [-0.15, -0.1) is 0 Å². The molecule has 1 amide bonds. The summed E-state index contributed by atoms with van der Waals surface area (Å²) in [5.74, 6) is -0.316. The molecule has 0 saturated carbocycles. The molecule has 1 fully saturated rings. The second kappa shape index (κ2) is 10.1. The molecular formula is C20H26N4O4. The third-order valence-corrected chi connectivity index (χ3v) is 4.59. The van der Waals surface area contributed by atoms with Crippen molar-refractivity contribution in [3.8, 4) is 0 Å². The first kappa shape index (κ1) is 20.2. The second-order valence-corrected chi connectivity index (χ2v) is 6.66. The van der Waals surface area contributed by atoms with Crippen LogP contribution in [0.25, 0.3) is 0 Å². The first-order valence-corrected chi connectivity index (χ1v) is 9.39. The predicted molar refractivity (Wildman–Crippen MR) is 104 cm³/mol. The fourth-order valence-electron chi connectivity index (χ4n) is 2.96. The van der Waals surface area contributed by atoms with Crippen LogP contribution < -0.4 is 10.9 Å². The lowest BCUT2D eigenvalue weighted by Crippen LogP contribution is -2.35. The Morgan fingerprint density at radius 2 is 1.86 bits per heavy atom. The van der Waals surface area contributed by atoms with E-state index in [1.807, 2.05) is 12.1 Å². The smallest absolute Gasteiger partial charge is 0.271 e. The van der Waals surface area contributed by atoms with Crippen LogP contribution in [0.4, 0.5) is 0 Å². The Balaban J connectivity index is 1.53. The van der Waals surface area contributed by atoms with E-state index in [0.29, 0.717) is 19.7 Å². The lowest BCUT2D eigenvalue weighted by atomic mass is 10.1. The molecule has 0 spiro atoms. The molecule has 0 radical (unpaired) electrons. The quantitative estimate of drug-likeness (QED) is 0.717. The van der Waals surface area contributed by atoms with Crippen molar-refractivity contribution in [2.45, 2.75) is 19.6 Å². The number of nitrogens with one attached hydrogen (secondary N) is 1.